The molecule has 0 spiro atoms. The lowest BCUT2D eigenvalue weighted by atomic mass is 9.49. The van der Waals surface area contributed by atoms with Gasteiger partial charge in [-0.2, -0.15) is 0 Å². The van der Waals surface area contributed by atoms with Gasteiger partial charge in [-0.3, -0.25) is 14.4 Å². The van der Waals surface area contributed by atoms with Crippen molar-refractivity contribution >= 4 is 33.6 Å². The lowest BCUT2D eigenvalue weighted by Crippen LogP contribution is -2.67. The van der Waals surface area contributed by atoms with Gasteiger partial charge in [0, 0.05) is 36.9 Å². The Balaban J connectivity index is 1.15. The van der Waals surface area contributed by atoms with E-state index in [9.17, 15) is 22.8 Å². The minimum absolute atomic E-state index is 0.0263. The number of hydrogen-bond acceptors (Lipinski definition) is 7. The van der Waals surface area contributed by atoms with Crippen LogP contribution in [0.3, 0.4) is 0 Å². The van der Waals surface area contributed by atoms with Crippen molar-refractivity contribution in [1.29, 1.82) is 0 Å². The SMILES string of the molecule is NC1(CNC(=O)C[C@@H](NS(=O)(=O)c2ccc(N3C(=O)C=CC3=O)nc2)c2ccccc2)C2CC3CC(C2)CC1C3. The van der Waals surface area contributed by atoms with Crippen LogP contribution in [0.25, 0.3) is 0 Å². The molecule has 4 fully saturated rings. The Hall–Kier alpha value is -3.41. The van der Waals surface area contributed by atoms with Crippen molar-refractivity contribution in [3.63, 3.8) is 0 Å². The Bertz CT molecular complexity index is 1410. The van der Waals surface area contributed by atoms with Gasteiger partial charge in [0.25, 0.3) is 11.8 Å². The molecule has 11 heteroatoms. The molecule has 1 aliphatic heterocycles. The molecule has 1 atom stereocenters. The molecule has 0 saturated heterocycles. The van der Waals surface area contributed by atoms with Gasteiger partial charge in [0.1, 0.15) is 10.7 Å². The van der Waals surface area contributed by atoms with Crippen molar-refractivity contribution in [2.75, 3.05) is 11.4 Å². The molecule has 1 aromatic carbocycles. The number of anilines is 1. The number of benzene rings is 1. The largest absolute Gasteiger partial charge is 0.354 e. The minimum atomic E-state index is -4.10. The molecule has 210 valence electrons. The van der Waals surface area contributed by atoms with Crippen LogP contribution >= 0.6 is 0 Å². The third kappa shape index (κ3) is 4.97. The van der Waals surface area contributed by atoms with Gasteiger partial charge in [-0.1, -0.05) is 30.3 Å². The molecule has 1 aromatic heterocycles. The van der Waals surface area contributed by atoms with Crippen LogP contribution in [-0.2, 0) is 24.4 Å². The standard InChI is InChI=1S/C29H33N5O5S/c30-29(21-11-18-10-19(13-21)14-22(29)12-18)17-32-26(35)15-24(20-4-2-1-3-5-20)33-40(38,39)23-6-7-25(31-16-23)34-27(36)8-9-28(34)37/h1-9,16,18-19,21-22,24,33H,10-15,17,30H2,(H,32,35)/t18?,19?,21?,22?,24-,29?/m1/s1. The highest BCUT2D eigenvalue weighted by Gasteiger charge is 2.55. The molecule has 5 aliphatic rings. The number of hydrogen-bond donors (Lipinski definition) is 3. The van der Waals surface area contributed by atoms with Gasteiger partial charge in [-0.05, 0) is 73.5 Å². The maximum Gasteiger partial charge on any atom is 0.259 e. The molecule has 10 nitrogen and oxygen atoms in total. The predicted molar refractivity (Wildman–Crippen MR) is 147 cm³/mol. The first-order valence-electron chi connectivity index (χ1n) is 13.8. The van der Waals surface area contributed by atoms with Gasteiger partial charge >= 0.3 is 0 Å². The summed E-state index contributed by atoms with van der Waals surface area (Å²) in [5.41, 5.74) is 7.18. The molecule has 4 saturated carbocycles. The number of amides is 3. The van der Waals surface area contributed by atoms with E-state index in [-0.39, 0.29) is 23.0 Å². The normalized spacial score (nSPS) is 29.7. The van der Waals surface area contributed by atoms with Crippen molar-refractivity contribution in [1.82, 2.24) is 15.0 Å². The summed E-state index contributed by atoms with van der Waals surface area (Å²) in [6.07, 6.45) is 9.09. The van der Waals surface area contributed by atoms with Crippen molar-refractivity contribution in [3.05, 3.63) is 66.4 Å². The molecule has 40 heavy (non-hydrogen) atoms. The predicted octanol–water partition coefficient (Wildman–Crippen LogP) is 2.19. The van der Waals surface area contributed by atoms with Crippen molar-refractivity contribution in [2.24, 2.45) is 29.4 Å². The zero-order valence-corrected chi connectivity index (χ0v) is 22.8. The fourth-order valence-electron chi connectivity index (χ4n) is 7.32. The lowest BCUT2D eigenvalue weighted by molar-refractivity contribution is -0.123. The number of sulfonamides is 1. The summed E-state index contributed by atoms with van der Waals surface area (Å²) in [6, 6.07) is 10.7. The summed E-state index contributed by atoms with van der Waals surface area (Å²) >= 11 is 0. The molecule has 3 amide bonds. The van der Waals surface area contributed by atoms with Crippen molar-refractivity contribution < 1.29 is 22.8 Å². The van der Waals surface area contributed by atoms with Crippen LogP contribution in [0.15, 0.2) is 65.7 Å². The maximum atomic E-state index is 13.3. The first-order valence-corrected chi connectivity index (χ1v) is 15.3. The van der Waals surface area contributed by atoms with Gasteiger partial charge in [0.2, 0.25) is 15.9 Å². The van der Waals surface area contributed by atoms with E-state index in [2.05, 4.69) is 15.0 Å². The zero-order chi connectivity index (χ0) is 28.1. The highest BCUT2D eigenvalue weighted by molar-refractivity contribution is 7.89. The smallest absolute Gasteiger partial charge is 0.259 e. The van der Waals surface area contributed by atoms with E-state index >= 15 is 0 Å². The van der Waals surface area contributed by atoms with Gasteiger partial charge < -0.3 is 11.1 Å². The summed E-state index contributed by atoms with van der Waals surface area (Å²) in [5, 5.41) is 3.04. The molecular weight excluding hydrogens is 530 g/mol. The van der Waals surface area contributed by atoms with Gasteiger partial charge in [0.15, 0.2) is 0 Å². The fourth-order valence-corrected chi connectivity index (χ4v) is 8.49. The van der Waals surface area contributed by atoms with Gasteiger partial charge in [0.05, 0.1) is 6.04 Å². The summed E-state index contributed by atoms with van der Waals surface area (Å²) in [7, 11) is -4.10. The van der Waals surface area contributed by atoms with Crippen LogP contribution < -0.4 is 20.7 Å². The molecule has 4 aliphatic carbocycles. The summed E-state index contributed by atoms with van der Waals surface area (Å²) in [5.74, 6) is 1.03. The van der Waals surface area contributed by atoms with E-state index in [1.54, 1.807) is 24.3 Å². The van der Waals surface area contributed by atoms with Crippen LogP contribution in [0, 0.1) is 23.7 Å². The minimum Gasteiger partial charge on any atom is -0.354 e. The molecule has 4 N–H and O–H groups in total. The second kappa shape index (κ2) is 10.2. The third-order valence-electron chi connectivity index (χ3n) is 9.21. The lowest BCUT2D eigenvalue weighted by Gasteiger charge is -2.59. The molecular formula is C29H33N5O5S. The van der Waals surface area contributed by atoms with E-state index in [4.69, 9.17) is 5.73 Å². The van der Waals surface area contributed by atoms with E-state index in [0.717, 1.165) is 60.8 Å². The van der Waals surface area contributed by atoms with Gasteiger partial charge in [-0.15, -0.1) is 0 Å². The van der Waals surface area contributed by atoms with Crippen LogP contribution in [0.4, 0.5) is 5.82 Å². The number of rotatable bonds is 9. The van der Waals surface area contributed by atoms with Crippen LogP contribution in [-0.4, -0.2) is 43.2 Å². The number of carbonyl (C=O) groups excluding carboxylic acids is 3. The number of nitrogens with zero attached hydrogens (tertiary/aromatic N) is 2. The molecule has 0 radical (unpaired) electrons. The molecule has 0 unspecified atom stereocenters. The monoisotopic (exact) mass is 563 g/mol. The Kier molecular flexibility index (Phi) is 6.84. The molecule has 7 rings (SSSR count). The first kappa shape index (κ1) is 26.8. The average Bonchev–Trinajstić information content (AvgIpc) is 3.28. The quantitative estimate of drug-likeness (QED) is 0.396. The van der Waals surface area contributed by atoms with Crippen molar-refractivity contribution in [2.45, 2.75) is 55.0 Å². The zero-order valence-electron chi connectivity index (χ0n) is 22.0. The van der Waals surface area contributed by atoms with Gasteiger partial charge in [-0.25, -0.2) is 23.0 Å². The van der Waals surface area contributed by atoms with E-state index in [1.807, 2.05) is 6.07 Å². The number of aromatic nitrogens is 1. The van der Waals surface area contributed by atoms with E-state index < -0.39 is 33.4 Å². The number of imide groups is 1. The molecule has 4 bridgehead atoms. The van der Waals surface area contributed by atoms with Crippen LogP contribution in [0.5, 0.6) is 0 Å². The van der Waals surface area contributed by atoms with E-state index in [1.165, 1.54) is 18.6 Å². The van der Waals surface area contributed by atoms with Crippen LogP contribution in [0.1, 0.15) is 50.1 Å². The van der Waals surface area contributed by atoms with E-state index in [0.29, 0.717) is 23.9 Å². The Morgan fingerprint density at radius 1 is 0.975 bits per heavy atom. The Labute approximate surface area is 233 Å². The second-order valence-electron chi connectivity index (χ2n) is 11.7. The van der Waals surface area contributed by atoms with Crippen LogP contribution in [0.2, 0.25) is 0 Å². The number of pyridine rings is 1. The number of nitrogens with two attached hydrogens (primary N) is 1. The third-order valence-corrected chi connectivity index (χ3v) is 10.7. The second-order valence-corrected chi connectivity index (χ2v) is 13.4. The van der Waals surface area contributed by atoms with Crippen molar-refractivity contribution in [3.8, 4) is 0 Å². The topological polar surface area (TPSA) is 152 Å². The fraction of sp³-hybridized carbons (Fsp3) is 0.448. The summed E-state index contributed by atoms with van der Waals surface area (Å²) < 4.78 is 29.3. The highest BCUT2D eigenvalue weighted by Crippen LogP contribution is 2.57. The number of nitrogens with one attached hydrogen (secondary N) is 2. The molecule has 2 heterocycles. The summed E-state index contributed by atoms with van der Waals surface area (Å²) in [4.78, 5) is 41.8. The number of carbonyl (C=O) groups is 3. The average molecular weight is 564 g/mol. The first-order chi connectivity index (χ1) is 19.1. The maximum absolute atomic E-state index is 13.3. The molecule has 2 aromatic rings. The Morgan fingerprint density at radius 2 is 1.60 bits per heavy atom. The highest BCUT2D eigenvalue weighted by atomic mass is 32.2. The Morgan fingerprint density at radius 3 is 2.17 bits per heavy atom. The summed E-state index contributed by atoms with van der Waals surface area (Å²) in [6.45, 7) is 0.392.